The Kier molecular flexibility index (Phi) is 5.15. The van der Waals surface area contributed by atoms with E-state index in [1.165, 1.54) is 31.3 Å². The van der Waals surface area contributed by atoms with Crippen molar-refractivity contribution in [1.29, 1.82) is 0 Å². The Morgan fingerprint density at radius 3 is 2.50 bits per heavy atom. The van der Waals surface area contributed by atoms with E-state index in [9.17, 15) is 22.9 Å². The minimum Gasteiger partial charge on any atom is -0.376 e. The molecule has 0 aliphatic rings. The molecule has 1 unspecified atom stereocenters. The zero-order valence-corrected chi connectivity index (χ0v) is 13.8. The van der Waals surface area contributed by atoms with E-state index in [4.69, 9.17) is 0 Å². The van der Waals surface area contributed by atoms with Gasteiger partial charge in [0, 0.05) is 12.1 Å². The van der Waals surface area contributed by atoms with Crippen molar-refractivity contribution in [3.8, 4) is 0 Å². The molecule has 2 aromatic rings. The van der Waals surface area contributed by atoms with E-state index < -0.39 is 26.8 Å². The molecule has 0 saturated carbocycles. The first-order chi connectivity index (χ1) is 11.2. The van der Waals surface area contributed by atoms with Crippen LogP contribution < -0.4 is 10.0 Å². The number of benzene rings is 2. The summed E-state index contributed by atoms with van der Waals surface area (Å²) in [5.74, 6) is -0.755. The number of rotatable bonds is 6. The smallest absolute Gasteiger partial charge is 0.272 e. The van der Waals surface area contributed by atoms with Crippen molar-refractivity contribution in [2.24, 2.45) is 0 Å². The Hall–Kier alpha value is -2.52. The monoisotopic (exact) mass is 353 g/mol. The molecule has 0 bridgehead atoms. The van der Waals surface area contributed by atoms with Gasteiger partial charge in [0.15, 0.2) is 5.82 Å². The predicted octanol–water partition coefficient (Wildman–Crippen LogP) is 2.82. The lowest BCUT2D eigenvalue weighted by molar-refractivity contribution is -0.385. The van der Waals surface area contributed by atoms with Gasteiger partial charge in [0.25, 0.3) is 5.69 Å². The second-order valence-electron chi connectivity index (χ2n) is 5.07. The summed E-state index contributed by atoms with van der Waals surface area (Å²) in [6.45, 7) is 1.73. The molecule has 0 fully saturated rings. The van der Waals surface area contributed by atoms with Gasteiger partial charge in [0.2, 0.25) is 10.0 Å². The second kappa shape index (κ2) is 6.93. The summed E-state index contributed by atoms with van der Waals surface area (Å²) in [6.07, 6.45) is 0. The Bertz CT molecular complexity index is 871. The third kappa shape index (κ3) is 3.87. The van der Waals surface area contributed by atoms with Gasteiger partial charge in [-0.1, -0.05) is 12.1 Å². The van der Waals surface area contributed by atoms with Gasteiger partial charge in [-0.3, -0.25) is 10.1 Å². The van der Waals surface area contributed by atoms with Crippen LogP contribution in [-0.2, 0) is 10.0 Å². The lowest BCUT2D eigenvalue weighted by Gasteiger charge is -2.17. The molecule has 2 N–H and O–H groups in total. The normalized spacial score (nSPS) is 12.6. The summed E-state index contributed by atoms with van der Waals surface area (Å²) >= 11 is 0. The van der Waals surface area contributed by atoms with Crippen molar-refractivity contribution in [3.63, 3.8) is 0 Å². The topological polar surface area (TPSA) is 101 Å². The largest absolute Gasteiger partial charge is 0.376 e. The Labute approximate surface area is 138 Å². The van der Waals surface area contributed by atoms with Gasteiger partial charge in [-0.05, 0) is 37.7 Å². The van der Waals surface area contributed by atoms with Crippen LogP contribution in [0.25, 0.3) is 0 Å². The highest BCUT2D eigenvalue weighted by Gasteiger charge is 2.16. The van der Waals surface area contributed by atoms with E-state index in [0.717, 1.165) is 6.07 Å². The fourth-order valence-corrected chi connectivity index (χ4v) is 2.90. The number of nitro groups is 1. The SMILES string of the molecule is CNS(=O)(=O)c1cccc(C(C)Nc2ccc([N+](=O)[O-])cc2F)c1. The number of sulfonamides is 1. The van der Waals surface area contributed by atoms with Crippen LogP contribution in [0, 0.1) is 15.9 Å². The Morgan fingerprint density at radius 2 is 1.92 bits per heavy atom. The molecular formula is C15H16FN3O4S. The summed E-state index contributed by atoms with van der Waals surface area (Å²) in [6, 6.07) is 9.11. The Morgan fingerprint density at radius 1 is 1.21 bits per heavy atom. The summed E-state index contributed by atoms with van der Waals surface area (Å²) < 4.78 is 39.8. The Balaban J connectivity index is 2.26. The number of hydrogen-bond donors (Lipinski definition) is 2. The van der Waals surface area contributed by atoms with E-state index in [0.29, 0.717) is 5.56 Å². The van der Waals surface area contributed by atoms with E-state index in [1.807, 2.05) is 0 Å². The molecule has 0 amide bonds. The first kappa shape index (κ1) is 17.8. The van der Waals surface area contributed by atoms with Gasteiger partial charge in [-0.25, -0.2) is 17.5 Å². The molecular weight excluding hydrogens is 337 g/mol. The number of non-ortho nitro benzene ring substituents is 1. The first-order valence-corrected chi connectivity index (χ1v) is 8.47. The van der Waals surface area contributed by atoms with E-state index in [-0.39, 0.29) is 16.3 Å². The number of nitro benzene ring substituents is 1. The van der Waals surface area contributed by atoms with Crippen molar-refractivity contribution in [2.45, 2.75) is 17.9 Å². The second-order valence-corrected chi connectivity index (χ2v) is 6.95. The maximum absolute atomic E-state index is 13.9. The minimum absolute atomic E-state index is 0.0926. The molecule has 24 heavy (non-hydrogen) atoms. The van der Waals surface area contributed by atoms with Crippen LogP contribution in [0.2, 0.25) is 0 Å². The van der Waals surface area contributed by atoms with Crippen molar-refractivity contribution in [3.05, 3.63) is 64.0 Å². The standard InChI is InChI=1S/C15H16FN3O4S/c1-10(11-4-3-5-13(8-11)24(22,23)17-2)18-15-7-6-12(19(20)21)9-14(15)16/h3-10,17-18H,1-2H3. The van der Waals surface area contributed by atoms with Crippen LogP contribution in [-0.4, -0.2) is 20.4 Å². The van der Waals surface area contributed by atoms with Gasteiger partial charge < -0.3 is 5.32 Å². The molecule has 2 aromatic carbocycles. The zero-order chi connectivity index (χ0) is 17.9. The number of nitrogens with one attached hydrogen (secondary N) is 2. The number of nitrogens with zero attached hydrogens (tertiary/aromatic N) is 1. The maximum atomic E-state index is 13.9. The number of halogens is 1. The third-order valence-corrected chi connectivity index (χ3v) is 4.88. The molecule has 7 nitrogen and oxygen atoms in total. The molecule has 0 heterocycles. The molecule has 2 rings (SSSR count). The predicted molar refractivity (Wildman–Crippen MR) is 87.8 cm³/mol. The minimum atomic E-state index is -3.58. The summed E-state index contributed by atoms with van der Waals surface area (Å²) in [4.78, 5) is 10.0. The molecule has 0 spiro atoms. The van der Waals surface area contributed by atoms with Crippen molar-refractivity contribution in [2.75, 3.05) is 12.4 Å². The first-order valence-electron chi connectivity index (χ1n) is 6.98. The molecule has 0 saturated heterocycles. The lowest BCUT2D eigenvalue weighted by Crippen LogP contribution is -2.19. The van der Waals surface area contributed by atoms with Gasteiger partial charge in [0.1, 0.15) is 0 Å². The molecule has 0 aliphatic heterocycles. The van der Waals surface area contributed by atoms with Crippen LogP contribution in [0.1, 0.15) is 18.5 Å². The molecule has 0 aromatic heterocycles. The van der Waals surface area contributed by atoms with Crippen molar-refractivity contribution < 1.29 is 17.7 Å². The average molecular weight is 353 g/mol. The van der Waals surface area contributed by atoms with Crippen LogP contribution in [0.4, 0.5) is 15.8 Å². The van der Waals surface area contributed by atoms with Crippen LogP contribution in [0.3, 0.4) is 0 Å². The van der Waals surface area contributed by atoms with Gasteiger partial charge in [-0.2, -0.15) is 0 Å². The average Bonchev–Trinajstić information content (AvgIpc) is 2.56. The van der Waals surface area contributed by atoms with Crippen molar-refractivity contribution >= 4 is 21.4 Å². The van der Waals surface area contributed by atoms with E-state index >= 15 is 0 Å². The quantitative estimate of drug-likeness (QED) is 0.614. The molecule has 9 heteroatoms. The number of hydrogen-bond acceptors (Lipinski definition) is 5. The molecule has 1 atom stereocenters. The van der Waals surface area contributed by atoms with E-state index in [2.05, 4.69) is 10.0 Å². The molecule has 0 aliphatic carbocycles. The van der Waals surface area contributed by atoms with Crippen molar-refractivity contribution in [1.82, 2.24) is 4.72 Å². The molecule has 128 valence electrons. The third-order valence-electron chi connectivity index (χ3n) is 3.47. The highest BCUT2D eigenvalue weighted by atomic mass is 32.2. The summed E-state index contributed by atoms with van der Waals surface area (Å²) in [5, 5.41) is 13.5. The van der Waals surface area contributed by atoms with Gasteiger partial charge >= 0.3 is 0 Å². The highest BCUT2D eigenvalue weighted by molar-refractivity contribution is 7.89. The summed E-state index contributed by atoms with van der Waals surface area (Å²) in [7, 11) is -2.26. The zero-order valence-electron chi connectivity index (χ0n) is 13.0. The van der Waals surface area contributed by atoms with Crippen LogP contribution >= 0.6 is 0 Å². The number of anilines is 1. The van der Waals surface area contributed by atoms with E-state index in [1.54, 1.807) is 19.1 Å². The van der Waals surface area contributed by atoms with Gasteiger partial charge in [-0.15, -0.1) is 0 Å². The lowest BCUT2D eigenvalue weighted by atomic mass is 10.1. The fraction of sp³-hybridized carbons (Fsp3) is 0.200. The maximum Gasteiger partial charge on any atom is 0.272 e. The highest BCUT2D eigenvalue weighted by Crippen LogP contribution is 2.26. The summed E-state index contributed by atoms with van der Waals surface area (Å²) in [5.41, 5.74) is 0.381. The van der Waals surface area contributed by atoms with Crippen LogP contribution in [0.5, 0.6) is 0 Å². The van der Waals surface area contributed by atoms with Gasteiger partial charge in [0.05, 0.1) is 21.6 Å². The fourth-order valence-electron chi connectivity index (χ4n) is 2.12. The molecule has 0 radical (unpaired) electrons. The van der Waals surface area contributed by atoms with Crippen LogP contribution in [0.15, 0.2) is 47.4 Å².